The molecule has 0 unspecified atom stereocenters. The van der Waals surface area contributed by atoms with Gasteiger partial charge in [0.25, 0.3) is 5.91 Å². The number of halogens is 2. The first kappa shape index (κ1) is 26.2. The van der Waals surface area contributed by atoms with Crippen LogP contribution >= 0.6 is 11.6 Å². The van der Waals surface area contributed by atoms with Gasteiger partial charge >= 0.3 is 5.97 Å². The van der Waals surface area contributed by atoms with Crippen molar-refractivity contribution in [3.63, 3.8) is 0 Å². The second-order valence-electron chi connectivity index (χ2n) is 10.9. The lowest BCUT2D eigenvalue weighted by Crippen LogP contribution is -2.56. The van der Waals surface area contributed by atoms with E-state index in [0.29, 0.717) is 39.8 Å². The zero-order chi connectivity index (χ0) is 28.0. The van der Waals surface area contributed by atoms with Crippen LogP contribution < -0.4 is 10.1 Å². The van der Waals surface area contributed by atoms with Crippen molar-refractivity contribution in [1.82, 2.24) is 25.1 Å². The number of fused-ring (bicyclic) bond motifs is 1. The van der Waals surface area contributed by atoms with Crippen LogP contribution in [-0.4, -0.2) is 49.9 Å². The van der Waals surface area contributed by atoms with Gasteiger partial charge in [-0.05, 0) is 61.3 Å². The predicted molar refractivity (Wildman–Crippen MR) is 146 cm³/mol. The molecule has 4 aromatic rings. The van der Waals surface area contributed by atoms with Gasteiger partial charge in [-0.25, -0.2) is 14.4 Å². The SMILES string of the molecule is COc1cc(F)cc(-c2ncc(Cn3ncc4cc(Cl)cc(C(=O)NC5CC6(CC(CC(=O)O)C6)C5)c43)cn2)c1. The molecular weight excluding hydrogens is 537 g/mol. The molecule has 11 heteroatoms. The molecule has 2 aromatic carbocycles. The molecule has 2 aromatic heterocycles. The molecule has 1 amide bonds. The van der Waals surface area contributed by atoms with Gasteiger partial charge in [0.1, 0.15) is 11.6 Å². The van der Waals surface area contributed by atoms with Gasteiger partial charge in [-0.1, -0.05) is 11.6 Å². The molecule has 40 heavy (non-hydrogen) atoms. The van der Waals surface area contributed by atoms with Gasteiger partial charge in [0.2, 0.25) is 0 Å². The number of ether oxygens (including phenoxy) is 1. The van der Waals surface area contributed by atoms with E-state index in [4.69, 9.17) is 21.4 Å². The Kier molecular flexibility index (Phi) is 6.66. The number of amides is 1. The number of benzene rings is 2. The first-order chi connectivity index (χ1) is 19.2. The summed E-state index contributed by atoms with van der Waals surface area (Å²) in [7, 11) is 1.47. The first-order valence-corrected chi connectivity index (χ1v) is 13.4. The second-order valence-corrected chi connectivity index (χ2v) is 11.4. The van der Waals surface area contributed by atoms with Crippen molar-refractivity contribution in [3.05, 3.63) is 70.9 Å². The Bertz CT molecular complexity index is 1610. The number of nitrogens with zero attached hydrogens (tertiary/aromatic N) is 4. The summed E-state index contributed by atoms with van der Waals surface area (Å²) in [6.07, 6.45) is 8.72. The van der Waals surface area contributed by atoms with E-state index >= 15 is 0 Å². The molecule has 2 saturated carbocycles. The third-order valence-electron chi connectivity index (χ3n) is 7.95. The molecule has 6 rings (SSSR count). The Labute approximate surface area is 234 Å². The largest absolute Gasteiger partial charge is 0.497 e. The number of aromatic nitrogens is 4. The molecule has 0 atom stereocenters. The van der Waals surface area contributed by atoms with Gasteiger partial charge in [-0.2, -0.15) is 5.10 Å². The van der Waals surface area contributed by atoms with E-state index < -0.39 is 11.8 Å². The lowest BCUT2D eigenvalue weighted by Gasteiger charge is -2.57. The number of methoxy groups -OCH3 is 1. The molecule has 2 aliphatic rings. The average molecular weight is 564 g/mol. The Morgan fingerprint density at radius 1 is 1.12 bits per heavy atom. The quantitative estimate of drug-likeness (QED) is 0.306. The van der Waals surface area contributed by atoms with Crippen molar-refractivity contribution >= 4 is 34.4 Å². The van der Waals surface area contributed by atoms with E-state index in [1.54, 1.807) is 41.5 Å². The van der Waals surface area contributed by atoms with Crippen molar-refractivity contribution in [2.24, 2.45) is 11.3 Å². The summed E-state index contributed by atoms with van der Waals surface area (Å²) >= 11 is 6.34. The van der Waals surface area contributed by atoms with Crippen molar-refractivity contribution in [2.75, 3.05) is 7.11 Å². The number of carbonyl (C=O) groups excluding carboxylic acids is 1. The highest BCUT2D eigenvalue weighted by Crippen LogP contribution is 2.59. The fourth-order valence-electron chi connectivity index (χ4n) is 6.30. The van der Waals surface area contributed by atoms with Crippen LogP contribution in [0.25, 0.3) is 22.3 Å². The minimum Gasteiger partial charge on any atom is -0.497 e. The molecular formula is C29H27ClFN5O4. The summed E-state index contributed by atoms with van der Waals surface area (Å²) < 4.78 is 20.8. The van der Waals surface area contributed by atoms with Gasteiger partial charge < -0.3 is 15.2 Å². The van der Waals surface area contributed by atoms with E-state index in [1.807, 2.05) is 0 Å². The fourth-order valence-corrected chi connectivity index (χ4v) is 6.52. The van der Waals surface area contributed by atoms with Gasteiger partial charge in [0.15, 0.2) is 5.82 Å². The summed E-state index contributed by atoms with van der Waals surface area (Å²) in [4.78, 5) is 33.1. The van der Waals surface area contributed by atoms with Gasteiger partial charge in [0.05, 0.1) is 30.9 Å². The molecule has 9 nitrogen and oxygen atoms in total. The maximum Gasteiger partial charge on any atom is 0.303 e. The molecule has 2 aliphatic carbocycles. The third kappa shape index (κ3) is 5.11. The van der Waals surface area contributed by atoms with Crippen LogP contribution in [0, 0.1) is 17.2 Å². The minimum atomic E-state index is -0.750. The van der Waals surface area contributed by atoms with Crippen LogP contribution in [0.15, 0.2) is 48.9 Å². The maximum atomic E-state index is 13.9. The Morgan fingerprint density at radius 3 is 2.58 bits per heavy atom. The molecule has 1 spiro atoms. The summed E-state index contributed by atoms with van der Waals surface area (Å²) in [5.41, 5.74) is 2.51. The molecule has 2 fully saturated rings. The summed E-state index contributed by atoms with van der Waals surface area (Å²) in [5.74, 6) is -0.435. The second kappa shape index (κ2) is 10.2. The number of aliphatic carboxylic acids is 1. The smallest absolute Gasteiger partial charge is 0.303 e. The maximum absolute atomic E-state index is 13.9. The first-order valence-electron chi connectivity index (χ1n) is 13.0. The number of carboxylic acids is 1. The van der Waals surface area contributed by atoms with Crippen LogP contribution in [0.4, 0.5) is 4.39 Å². The normalized spacial score (nSPS) is 21.6. The van der Waals surface area contributed by atoms with Crippen LogP contribution in [0.3, 0.4) is 0 Å². The van der Waals surface area contributed by atoms with Crippen LogP contribution in [0.5, 0.6) is 5.75 Å². The minimum absolute atomic E-state index is 0.0473. The van der Waals surface area contributed by atoms with Crippen LogP contribution in [0.1, 0.15) is 48.0 Å². The zero-order valence-corrected chi connectivity index (χ0v) is 22.5. The van der Waals surface area contributed by atoms with Crippen molar-refractivity contribution in [1.29, 1.82) is 0 Å². The van der Waals surface area contributed by atoms with Crippen LogP contribution in [-0.2, 0) is 11.3 Å². The number of hydrogen-bond donors (Lipinski definition) is 2. The highest BCUT2D eigenvalue weighted by molar-refractivity contribution is 6.32. The number of carboxylic acid groups (broad SMARTS) is 1. The molecule has 2 N–H and O–H groups in total. The molecule has 0 radical (unpaired) electrons. The molecule has 0 aliphatic heterocycles. The standard InChI is InChI=1S/C29H27ClFN5O4/c1-40-23-5-18(4-21(31)7-23)27-32-12-17(13-33-27)15-36-26-19(14-34-36)3-20(30)6-24(26)28(39)35-22-10-29(11-22)8-16(9-29)2-25(37)38/h3-7,12-14,16,22H,2,8-11,15H2,1H3,(H,35,39)(H,37,38). The number of carbonyl (C=O) groups is 2. The summed E-state index contributed by atoms with van der Waals surface area (Å²) in [6, 6.07) is 7.76. The number of hydrogen-bond acceptors (Lipinski definition) is 6. The van der Waals surface area contributed by atoms with Crippen molar-refractivity contribution in [3.8, 4) is 17.1 Å². The van der Waals surface area contributed by atoms with Gasteiger partial charge in [0, 0.05) is 52.5 Å². The van der Waals surface area contributed by atoms with E-state index in [1.165, 1.54) is 19.2 Å². The summed E-state index contributed by atoms with van der Waals surface area (Å²) in [5, 5.41) is 17.8. The molecule has 2 heterocycles. The highest BCUT2D eigenvalue weighted by Gasteiger charge is 2.53. The third-order valence-corrected chi connectivity index (χ3v) is 8.16. The molecule has 0 bridgehead atoms. The average Bonchev–Trinajstić information content (AvgIpc) is 3.27. The predicted octanol–water partition coefficient (Wildman–Crippen LogP) is 5.11. The lowest BCUT2D eigenvalue weighted by atomic mass is 9.49. The van der Waals surface area contributed by atoms with E-state index in [9.17, 15) is 14.0 Å². The Balaban J connectivity index is 1.17. The Morgan fingerprint density at radius 2 is 1.88 bits per heavy atom. The van der Waals surface area contributed by atoms with E-state index in [0.717, 1.165) is 36.6 Å². The monoisotopic (exact) mass is 563 g/mol. The Hall–Kier alpha value is -4.05. The van der Waals surface area contributed by atoms with Crippen molar-refractivity contribution < 1.29 is 23.8 Å². The lowest BCUT2D eigenvalue weighted by molar-refractivity contribution is -0.142. The summed E-state index contributed by atoms with van der Waals surface area (Å²) in [6.45, 7) is 0.315. The number of rotatable bonds is 8. The van der Waals surface area contributed by atoms with Crippen LogP contribution in [0.2, 0.25) is 5.02 Å². The number of nitrogens with one attached hydrogen (secondary N) is 1. The molecule has 206 valence electrons. The highest BCUT2D eigenvalue weighted by atomic mass is 35.5. The fraction of sp³-hybridized carbons (Fsp3) is 0.345. The van der Waals surface area contributed by atoms with Crippen molar-refractivity contribution in [2.45, 2.75) is 44.7 Å². The van der Waals surface area contributed by atoms with E-state index in [-0.39, 0.29) is 29.7 Å². The topological polar surface area (TPSA) is 119 Å². The zero-order valence-electron chi connectivity index (χ0n) is 21.7. The molecule has 0 saturated heterocycles. The van der Waals surface area contributed by atoms with E-state index in [2.05, 4.69) is 20.4 Å². The van der Waals surface area contributed by atoms with Gasteiger partial charge in [-0.15, -0.1) is 0 Å². The van der Waals surface area contributed by atoms with Gasteiger partial charge in [-0.3, -0.25) is 14.3 Å².